The Labute approximate surface area is 159 Å². The molecular formula is C20H28N2O3S. The normalized spacial score (nSPS) is 19.6. The molecule has 1 saturated carbocycles. The lowest BCUT2D eigenvalue weighted by molar-refractivity contribution is -0.121. The van der Waals surface area contributed by atoms with Gasteiger partial charge < -0.3 is 10.1 Å². The van der Waals surface area contributed by atoms with E-state index in [1.54, 1.807) is 13.8 Å². The Kier molecular flexibility index (Phi) is 7.65. The number of carbonyl (C=O) groups excluding carboxylic acids is 2. The van der Waals surface area contributed by atoms with Crippen molar-refractivity contribution in [1.29, 1.82) is 5.26 Å². The van der Waals surface area contributed by atoms with Crippen LogP contribution in [0.1, 0.15) is 79.6 Å². The van der Waals surface area contributed by atoms with E-state index < -0.39 is 5.97 Å². The summed E-state index contributed by atoms with van der Waals surface area (Å²) in [5.41, 5.74) is 0.942. The first-order valence-electron chi connectivity index (χ1n) is 9.53. The highest BCUT2D eigenvalue weighted by Gasteiger charge is 2.28. The molecule has 0 radical (unpaired) electrons. The molecule has 1 N–H and O–H groups in total. The molecule has 1 aliphatic rings. The first kappa shape index (κ1) is 20.4. The molecule has 5 nitrogen and oxygen atoms in total. The van der Waals surface area contributed by atoms with Crippen LogP contribution in [-0.2, 0) is 9.53 Å². The Morgan fingerprint density at radius 3 is 2.54 bits per heavy atom. The molecule has 1 aromatic heterocycles. The third-order valence-corrected chi connectivity index (χ3v) is 6.33. The molecule has 0 atom stereocenters. The number of nitrogens with zero attached hydrogens (tertiary/aromatic N) is 1. The molecule has 0 unspecified atom stereocenters. The predicted molar refractivity (Wildman–Crippen MR) is 103 cm³/mol. The average Bonchev–Trinajstić information content (AvgIpc) is 2.95. The van der Waals surface area contributed by atoms with E-state index in [4.69, 9.17) is 4.74 Å². The van der Waals surface area contributed by atoms with Gasteiger partial charge in [0.05, 0.1) is 12.2 Å². The number of thiophene rings is 1. The van der Waals surface area contributed by atoms with Crippen LogP contribution in [0.5, 0.6) is 0 Å². The van der Waals surface area contributed by atoms with E-state index in [0.29, 0.717) is 21.0 Å². The fourth-order valence-electron chi connectivity index (χ4n) is 3.55. The standard InChI is InChI=1S/C20H28N2O3S/c1-4-6-7-14-8-10-15(11-9-14)18(23)22-19-16(12-21)13(3)17(26-19)20(24)25-5-2/h14-15H,4-11H2,1-3H3,(H,22,23). The van der Waals surface area contributed by atoms with Crippen LogP contribution < -0.4 is 5.32 Å². The maximum Gasteiger partial charge on any atom is 0.348 e. The third kappa shape index (κ3) is 4.85. The number of nitriles is 1. The number of rotatable bonds is 7. The summed E-state index contributed by atoms with van der Waals surface area (Å²) < 4.78 is 5.04. The largest absolute Gasteiger partial charge is 0.462 e. The minimum atomic E-state index is -0.441. The second-order valence-electron chi connectivity index (χ2n) is 6.94. The van der Waals surface area contributed by atoms with Gasteiger partial charge in [0, 0.05) is 5.92 Å². The lowest BCUT2D eigenvalue weighted by atomic mass is 9.79. The molecule has 6 heteroatoms. The molecule has 2 rings (SSSR count). The molecule has 0 bridgehead atoms. The predicted octanol–water partition coefficient (Wildman–Crippen LogP) is 5.04. The average molecular weight is 377 g/mol. The first-order valence-corrected chi connectivity index (χ1v) is 10.3. The number of nitrogens with one attached hydrogen (secondary N) is 1. The van der Waals surface area contributed by atoms with E-state index in [-0.39, 0.29) is 18.4 Å². The number of hydrogen-bond acceptors (Lipinski definition) is 5. The Morgan fingerprint density at radius 2 is 1.96 bits per heavy atom. The lowest BCUT2D eigenvalue weighted by Gasteiger charge is -2.27. The zero-order valence-corrected chi connectivity index (χ0v) is 16.7. The summed E-state index contributed by atoms with van der Waals surface area (Å²) in [4.78, 5) is 25.1. The van der Waals surface area contributed by atoms with E-state index in [1.165, 1.54) is 19.3 Å². The minimum absolute atomic E-state index is 0.00660. The number of anilines is 1. The van der Waals surface area contributed by atoms with Crippen molar-refractivity contribution in [3.8, 4) is 6.07 Å². The summed E-state index contributed by atoms with van der Waals surface area (Å²) in [5.74, 6) is 0.261. The fraction of sp³-hybridized carbons (Fsp3) is 0.650. The van der Waals surface area contributed by atoms with Crippen molar-refractivity contribution in [1.82, 2.24) is 0 Å². The molecule has 0 aliphatic heterocycles. The topological polar surface area (TPSA) is 79.2 Å². The quantitative estimate of drug-likeness (QED) is 0.676. The molecule has 1 aromatic rings. The van der Waals surface area contributed by atoms with E-state index in [9.17, 15) is 14.9 Å². The van der Waals surface area contributed by atoms with Crippen molar-refractivity contribution >= 4 is 28.2 Å². The van der Waals surface area contributed by atoms with Crippen molar-refractivity contribution < 1.29 is 14.3 Å². The summed E-state index contributed by atoms with van der Waals surface area (Å²) >= 11 is 1.13. The number of ether oxygens (including phenoxy) is 1. The second kappa shape index (κ2) is 9.72. The number of hydrogen-bond donors (Lipinski definition) is 1. The number of esters is 1. The van der Waals surface area contributed by atoms with Gasteiger partial charge in [-0.1, -0.05) is 26.2 Å². The van der Waals surface area contributed by atoms with Crippen molar-refractivity contribution in [3.63, 3.8) is 0 Å². The van der Waals surface area contributed by atoms with Crippen LogP contribution in [0.25, 0.3) is 0 Å². The van der Waals surface area contributed by atoms with Gasteiger partial charge in [-0.3, -0.25) is 4.79 Å². The van der Waals surface area contributed by atoms with Crippen LogP contribution in [0.15, 0.2) is 0 Å². The molecule has 26 heavy (non-hydrogen) atoms. The van der Waals surface area contributed by atoms with E-state index in [0.717, 1.165) is 42.9 Å². The van der Waals surface area contributed by atoms with Crippen molar-refractivity contribution in [2.24, 2.45) is 11.8 Å². The number of unbranched alkanes of at least 4 members (excludes halogenated alkanes) is 1. The summed E-state index contributed by atoms with van der Waals surface area (Å²) in [7, 11) is 0. The van der Waals surface area contributed by atoms with Gasteiger partial charge in [0.2, 0.25) is 5.91 Å². The molecule has 142 valence electrons. The lowest BCUT2D eigenvalue weighted by Crippen LogP contribution is -2.27. The highest BCUT2D eigenvalue weighted by Crippen LogP contribution is 2.36. The van der Waals surface area contributed by atoms with Gasteiger partial charge in [0.1, 0.15) is 15.9 Å². The van der Waals surface area contributed by atoms with Crippen LogP contribution in [0.2, 0.25) is 0 Å². The van der Waals surface area contributed by atoms with E-state index >= 15 is 0 Å². The van der Waals surface area contributed by atoms with Crippen molar-refractivity contribution in [2.75, 3.05) is 11.9 Å². The molecule has 0 saturated heterocycles. The van der Waals surface area contributed by atoms with Crippen molar-refractivity contribution in [2.45, 2.75) is 65.7 Å². The minimum Gasteiger partial charge on any atom is -0.462 e. The van der Waals surface area contributed by atoms with E-state index in [2.05, 4.69) is 18.3 Å². The van der Waals surface area contributed by atoms with Crippen molar-refractivity contribution in [3.05, 3.63) is 16.0 Å². The van der Waals surface area contributed by atoms with Crippen LogP contribution >= 0.6 is 11.3 Å². The summed E-state index contributed by atoms with van der Waals surface area (Å²) in [5, 5.41) is 12.8. The fourth-order valence-corrected chi connectivity index (χ4v) is 4.60. The maximum atomic E-state index is 12.6. The molecule has 0 aromatic carbocycles. The molecule has 1 amide bonds. The van der Waals surface area contributed by atoms with Crippen LogP contribution in [-0.4, -0.2) is 18.5 Å². The first-order chi connectivity index (χ1) is 12.5. The zero-order chi connectivity index (χ0) is 19.1. The van der Waals surface area contributed by atoms with Gasteiger partial charge in [-0.25, -0.2) is 4.79 Å². The highest BCUT2D eigenvalue weighted by molar-refractivity contribution is 7.18. The summed E-state index contributed by atoms with van der Waals surface area (Å²) in [6.45, 7) is 5.95. The van der Waals surface area contributed by atoms with Crippen LogP contribution in [0.3, 0.4) is 0 Å². The Morgan fingerprint density at radius 1 is 1.27 bits per heavy atom. The highest BCUT2D eigenvalue weighted by atomic mass is 32.1. The molecular weight excluding hydrogens is 348 g/mol. The number of carbonyl (C=O) groups is 2. The summed E-state index contributed by atoms with van der Waals surface area (Å²) in [6, 6.07) is 2.11. The zero-order valence-electron chi connectivity index (χ0n) is 15.9. The SMILES string of the molecule is CCCCC1CCC(C(=O)Nc2sc(C(=O)OCC)c(C)c2C#N)CC1. The van der Waals surface area contributed by atoms with Gasteiger partial charge in [-0.2, -0.15) is 5.26 Å². The monoisotopic (exact) mass is 376 g/mol. The van der Waals surface area contributed by atoms with Gasteiger partial charge in [0.25, 0.3) is 0 Å². The van der Waals surface area contributed by atoms with Gasteiger partial charge in [-0.15, -0.1) is 11.3 Å². The Hall–Kier alpha value is -1.87. The van der Waals surface area contributed by atoms with Gasteiger partial charge in [0.15, 0.2) is 0 Å². The Balaban J connectivity index is 2.02. The third-order valence-electron chi connectivity index (χ3n) is 5.14. The van der Waals surface area contributed by atoms with Gasteiger partial charge >= 0.3 is 5.97 Å². The van der Waals surface area contributed by atoms with Crippen LogP contribution in [0, 0.1) is 30.1 Å². The molecule has 0 spiro atoms. The Bertz CT molecular complexity index is 682. The maximum absolute atomic E-state index is 12.6. The molecule has 1 heterocycles. The van der Waals surface area contributed by atoms with Gasteiger partial charge in [-0.05, 0) is 51.0 Å². The summed E-state index contributed by atoms with van der Waals surface area (Å²) in [6.07, 6.45) is 7.74. The molecule has 1 fully saturated rings. The van der Waals surface area contributed by atoms with Crippen LogP contribution in [0.4, 0.5) is 5.00 Å². The second-order valence-corrected chi connectivity index (χ2v) is 7.96. The van der Waals surface area contributed by atoms with E-state index in [1.807, 2.05) is 0 Å². The number of amides is 1. The smallest absolute Gasteiger partial charge is 0.348 e. The molecule has 1 aliphatic carbocycles.